The van der Waals surface area contributed by atoms with E-state index >= 15 is 0 Å². The molecule has 1 saturated heterocycles. The van der Waals surface area contributed by atoms with Crippen LogP contribution in [0.1, 0.15) is 37.0 Å². The highest BCUT2D eigenvalue weighted by molar-refractivity contribution is 14.0. The van der Waals surface area contributed by atoms with Gasteiger partial charge in [0.1, 0.15) is 6.10 Å². The van der Waals surface area contributed by atoms with Crippen LogP contribution in [0.3, 0.4) is 0 Å². The first-order valence-electron chi connectivity index (χ1n) is 8.20. The van der Waals surface area contributed by atoms with Crippen LogP contribution in [0.2, 0.25) is 0 Å². The molecule has 0 spiro atoms. The first-order chi connectivity index (χ1) is 11.5. The molecular formula is C17H25F3IN3O. The number of halogens is 4. The number of alkyl halides is 3. The molecule has 142 valence electrons. The average molecular weight is 471 g/mol. The van der Waals surface area contributed by atoms with Gasteiger partial charge in [0.25, 0.3) is 0 Å². The van der Waals surface area contributed by atoms with Gasteiger partial charge in [0.2, 0.25) is 0 Å². The van der Waals surface area contributed by atoms with E-state index in [4.69, 9.17) is 4.74 Å². The summed E-state index contributed by atoms with van der Waals surface area (Å²) < 4.78 is 44.4. The molecule has 1 N–H and O–H groups in total. The van der Waals surface area contributed by atoms with Crippen molar-refractivity contribution in [3.05, 3.63) is 35.4 Å². The van der Waals surface area contributed by atoms with Crippen LogP contribution < -0.4 is 5.32 Å². The van der Waals surface area contributed by atoms with E-state index in [1.807, 2.05) is 4.90 Å². The molecule has 2 rings (SSSR count). The summed E-state index contributed by atoms with van der Waals surface area (Å²) in [6.07, 6.45) is -2.62. The van der Waals surface area contributed by atoms with Crippen molar-refractivity contribution in [1.29, 1.82) is 0 Å². The number of ether oxygens (including phenoxy) is 1. The molecule has 1 aliphatic heterocycles. The lowest BCUT2D eigenvalue weighted by Gasteiger charge is -2.35. The van der Waals surface area contributed by atoms with Crippen molar-refractivity contribution in [1.82, 2.24) is 10.2 Å². The van der Waals surface area contributed by atoms with E-state index in [2.05, 4.69) is 17.2 Å². The first-order valence-corrected chi connectivity index (χ1v) is 8.20. The molecule has 0 aliphatic carbocycles. The fourth-order valence-corrected chi connectivity index (χ4v) is 2.67. The third-order valence-electron chi connectivity index (χ3n) is 3.98. The minimum atomic E-state index is -4.35. The molecule has 1 heterocycles. The fourth-order valence-electron chi connectivity index (χ4n) is 2.67. The smallest absolute Gasteiger partial charge is 0.370 e. The van der Waals surface area contributed by atoms with Crippen LogP contribution in [-0.4, -0.2) is 44.1 Å². The minimum Gasteiger partial charge on any atom is -0.370 e. The molecule has 25 heavy (non-hydrogen) atoms. The highest BCUT2D eigenvalue weighted by Crippen LogP contribution is 2.32. The Morgan fingerprint density at radius 2 is 2.16 bits per heavy atom. The monoisotopic (exact) mass is 471 g/mol. The Kier molecular flexibility index (Phi) is 8.98. The summed E-state index contributed by atoms with van der Waals surface area (Å²) >= 11 is 0. The van der Waals surface area contributed by atoms with Crippen LogP contribution in [0, 0.1) is 0 Å². The molecule has 1 aromatic rings. The van der Waals surface area contributed by atoms with E-state index in [0.717, 1.165) is 31.4 Å². The normalized spacial score (nSPS) is 18.7. The number of unbranched alkanes of at least 4 members (excludes halogenated alkanes) is 1. The zero-order valence-electron chi connectivity index (χ0n) is 14.5. The predicted molar refractivity (Wildman–Crippen MR) is 103 cm³/mol. The lowest BCUT2D eigenvalue weighted by molar-refractivity contribution is -0.137. The molecule has 1 aliphatic rings. The molecule has 1 unspecified atom stereocenters. The Bertz CT molecular complexity index is 566. The Labute approximate surface area is 163 Å². The number of hydrogen-bond acceptors (Lipinski definition) is 2. The minimum absolute atomic E-state index is 0. The molecule has 1 aromatic carbocycles. The van der Waals surface area contributed by atoms with Gasteiger partial charge in [-0.3, -0.25) is 4.99 Å². The maximum absolute atomic E-state index is 12.9. The van der Waals surface area contributed by atoms with Gasteiger partial charge in [0, 0.05) is 20.1 Å². The van der Waals surface area contributed by atoms with Gasteiger partial charge in [-0.15, -0.1) is 24.0 Å². The van der Waals surface area contributed by atoms with Crippen molar-refractivity contribution in [3.8, 4) is 0 Å². The number of aliphatic imine (C=N–C) groups is 1. The molecule has 1 atom stereocenters. The van der Waals surface area contributed by atoms with Crippen molar-refractivity contribution >= 4 is 29.9 Å². The number of nitrogens with one attached hydrogen (secondary N) is 1. The Hall–Kier alpha value is -1.03. The van der Waals surface area contributed by atoms with Crippen molar-refractivity contribution in [2.24, 2.45) is 4.99 Å². The second kappa shape index (κ2) is 10.2. The number of nitrogens with zero attached hydrogens (tertiary/aromatic N) is 2. The molecule has 8 heteroatoms. The van der Waals surface area contributed by atoms with Crippen LogP contribution in [0.15, 0.2) is 29.3 Å². The van der Waals surface area contributed by atoms with E-state index in [9.17, 15) is 13.2 Å². The Morgan fingerprint density at radius 1 is 1.40 bits per heavy atom. The quantitative estimate of drug-likeness (QED) is 0.312. The topological polar surface area (TPSA) is 36.9 Å². The summed E-state index contributed by atoms with van der Waals surface area (Å²) in [6, 6.07) is 5.35. The summed E-state index contributed by atoms with van der Waals surface area (Å²) in [5, 5.41) is 3.29. The standard InChI is InChI=1S/C17H24F3N3O.HI/c1-3-4-8-22-16(21-2)23-9-10-24-15(12-23)13-6-5-7-14(11-13)17(18,19)20;/h5-7,11,15H,3-4,8-10,12H2,1-2H3,(H,21,22);1H. The lowest BCUT2D eigenvalue weighted by Crippen LogP contribution is -2.48. The van der Waals surface area contributed by atoms with Crippen LogP contribution >= 0.6 is 24.0 Å². The van der Waals surface area contributed by atoms with Gasteiger partial charge in [0.05, 0.1) is 18.7 Å². The molecule has 1 fully saturated rings. The van der Waals surface area contributed by atoms with Gasteiger partial charge in [-0.05, 0) is 24.1 Å². The second-order valence-electron chi connectivity index (χ2n) is 5.76. The third-order valence-corrected chi connectivity index (χ3v) is 3.98. The van der Waals surface area contributed by atoms with E-state index < -0.39 is 17.8 Å². The summed E-state index contributed by atoms with van der Waals surface area (Å²) in [5.74, 6) is 0.767. The summed E-state index contributed by atoms with van der Waals surface area (Å²) in [4.78, 5) is 6.30. The molecule has 0 radical (unpaired) electrons. The average Bonchev–Trinajstić information content (AvgIpc) is 2.58. The fraction of sp³-hybridized carbons (Fsp3) is 0.588. The van der Waals surface area contributed by atoms with Crippen molar-refractivity contribution in [3.63, 3.8) is 0 Å². The van der Waals surface area contributed by atoms with E-state index in [-0.39, 0.29) is 24.0 Å². The number of hydrogen-bond donors (Lipinski definition) is 1. The molecule has 0 amide bonds. The summed E-state index contributed by atoms with van der Waals surface area (Å²) in [5.41, 5.74) is -0.107. The molecule has 4 nitrogen and oxygen atoms in total. The number of benzene rings is 1. The number of rotatable bonds is 4. The van der Waals surface area contributed by atoms with Crippen LogP contribution in [0.25, 0.3) is 0 Å². The first kappa shape index (κ1) is 22.0. The molecular weight excluding hydrogens is 446 g/mol. The maximum atomic E-state index is 12.9. The molecule has 0 aromatic heterocycles. The highest BCUT2D eigenvalue weighted by Gasteiger charge is 2.32. The molecule has 0 bridgehead atoms. The Morgan fingerprint density at radius 3 is 2.80 bits per heavy atom. The van der Waals surface area contributed by atoms with Gasteiger partial charge in [-0.2, -0.15) is 13.2 Å². The lowest BCUT2D eigenvalue weighted by atomic mass is 10.0. The molecule has 0 saturated carbocycles. The van der Waals surface area contributed by atoms with E-state index in [1.165, 1.54) is 12.1 Å². The highest BCUT2D eigenvalue weighted by atomic mass is 127. The van der Waals surface area contributed by atoms with Gasteiger partial charge in [-0.1, -0.05) is 25.5 Å². The number of guanidine groups is 1. The van der Waals surface area contributed by atoms with Crippen molar-refractivity contribution in [2.45, 2.75) is 32.0 Å². The summed E-state index contributed by atoms with van der Waals surface area (Å²) in [7, 11) is 1.71. The van der Waals surface area contributed by atoms with Gasteiger partial charge in [-0.25, -0.2) is 0 Å². The van der Waals surface area contributed by atoms with Crippen molar-refractivity contribution in [2.75, 3.05) is 33.3 Å². The largest absolute Gasteiger partial charge is 0.416 e. The SMILES string of the molecule is CCCCNC(=NC)N1CCOC(c2cccc(C(F)(F)F)c2)C1.I. The van der Waals surface area contributed by atoms with E-state index in [1.54, 1.807) is 13.1 Å². The van der Waals surface area contributed by atoms with Crippen LogP contribution in [0.5, 0.6) is 0 Å². The van der Waals surface area contributed by atoms with Crippen molar-refractivity contribution < 1.29 is 17.9 Å². The van der Waals surface area contributed by atoms with Gasteiger partial charge in [0.15, 0.2) is 5.96 Å². The van der Waals surface area contributed by atoms with Gasteiger partial charge < -0.3 is 15.0 Å². The van der Waals surface area contributed by atoms with E-state index in [0.29, 0.717) is 25.3 Å². The second-order valence-corrected chi connectivity index (χ2v) is 5.76. The zero-order valence-corrected chi connectivity index (χ0v) is 16.8. The Balaban J connectivity index is 0.00000312. The predicted octanol–water partition coefficient (Wildman–Crippen LogP) is 4.07. The number of morpholine rings is 1. The van der Waals surface area contributed by atoms with Gasteiger partial charge >= 0.3 is 6.18 Å². The summed E-state index contributed by atoms with van der Waals surface area (Å²) in [6.45, 7) is 4.54. The van der Waals surface area contributed by atoms with Crippen LogP contribution in [-0.2, 0) is 10.9 Å². The maximum Gasteiger partial charge on any atom is 0.416 e. The zero-order chi connectivity index (χ0) is 17.6. The van der Waals surface area contributed by atoms with Crippen LogP contribution in [0.4, 0.5) is 13.2 Å². The third kappa shape index (κ3) is 6.32.